The quantitative estimate of drug-likeness (QED) is 0.646. The summed E-state index contributed by atoms with van der Waals surface area (Å²) in [7, 11) is -3.28. The fourth-order valence-corrected chi connectivity index (χ4v) is 4.21. The van der Waals surface area contributed by atoms with Crippen LogP contribution in [0.3, 0.4) is 0 Å². The lowest BCUT2D eigenvalue weighted by Gasteiger charge is -2.28. The predicted molar refractivity (Wildman–Crippen MR) is 113 cm³/mol. The lowest BCUT2D eigenvalue weighted by atomic mass is 10.2. The van der Waals surface area contributed by atoms with Crippen LogP contribution in [0.2, 0.25) is 0 Å². The second-order valence-corrected chi connectivity index (χ2v) is 9.25. The Morgan fingerprint density at radius 3 is 2.79 bits per heavy atom. The van der Waals surface area contributed by atoms with E-state index in [0.717, 1.165) is 41.0 Å². The van der Waals surface area contributed by atoms with Gasteiger partial charge in [0.15, 0.2) is 15.7 Å². The maximum atomic E-state index is 12.3. The Balaban J connectivity index is 1.72. The molecule has 3 aromatic rings. The van der Waals surface area contributed by atoms with Gasteiger partial charge in [0, 0.05) is 29.8 Å². The molecule has 2 N–H and O–H groups in total. The third-order valence-electron chi connectivity index (χ3n) is 4.91. The first-order valence-electron chi connectivity index (χ1n) is 9.57. The second kappa shape index (κ2) is 7.40. The molecule has 29 heavy (non-hydrogen) atoms. The number of nitrogens with one attached hydrogen (secondary N) is 2. The number of aryl methyl sites for hydroxylation is 2. The van der Waals surface area contributed by atoms with Crippen molar-refractivity contribution in [2.45, 2.75) is 38.6 Å². The number of hydrogen-bond donors (Lipinski definition) is 2. The highest BCUT2D eigenvalue weighted by Crippen LogP contribution is 2.28. The summed E-state index contributed by atoms with van der Waals surface area (Å²) in [5.74, 6) is 2.45. The molecular weight excluding hydrogens is 388 g/mol. The Morgan fingerprint density at radius 1 is 1.24 bits per heavy atom. The number of fused-ring (bicyclic) bond motifs is 1. The molecule has 3 heterocycles. The molecule has 4 rings (SSSR count). The monoisotopic (exact) mass is 412 g/mol. The summed E-state index contributed by atoms with van der Waals surface area (Å²) in [5, 5.41) is 10.7. The highest BCUT2D eigenvalue weighted by molar-refractivity contribution is 7.91. The van der Waals surface area contributed by atoms with E-state index in [2.05, 4.69) is 27.4 Å². The third-order valence-corrected chi connectivity index (χ3v) is 6.64. The number of rotatable bonds is 6. The van der Waals surface area contributed by atoms with Gasteiger partial charge in [-0.2, -0.15) is 5.10 Å². The van der Waals surface area contributed by atoms with Gasteiger partial charge < -0.3 is 10.2 Å². The molecular formula is C20H24N6O2S. The average Bonchev–Trinajstić information content (AvgIpc) is 3.33. The van der Waals surface area contributed by atoms with Gasteiger partial charge in [0.1, 0.15) is 11.6 Å². The van der Waals surface area contributed by atoms with Gasteiger partial charge in [0.2, 0.25) is 0 Å². The molecule has 0 bridgehead atoms. The van der Waals surface area contributed by atoms with Crippen LogP contribution in [-0.2, 0) is 22.8 Å². The second-order valence-electron chi connectivity index (χ2n) is 6.97. The SMILES string of the molecule is CCc1cc(NC2=CN(c3cccc(S(=O)(=O)CC)c3)Cc3nc(C)cn32)n[nH]1. The van der Waals surface area contributed by atoms with Gasteiger partial charge in [-0.15, -0.1) is 0 Å². The van der Waals surface area contributed by atoms with Crippen molar-refractivity contribution in [2.24, 2.45) is 0 Å². The Labute approximate surface area is 170 Å². The maximum absolute atomic E-state index is 12.3. The molecule has 0 aliphatic carbocycles. The van der Waals surface area contributed by atoms with Crippen LogP contribution in [0, 0.1) is 6.92 Å². The van der Waals surface area contributed by atoms with E-state index >= 15 is 0 Å². The molecule has 9 heteroatoms. The molecule has 0 unspecified atom stereocenters. The summed E-state index contributed by atoms with van der Waals surface area (Å²) in [6.45, 7) is 6.20. The van der Waals surface area contributed by atoms with E-state index in [4.69, 9.17) is 0 Å². The van der Waals surface area contributed by atoms with Crippen LogP contribution in [-0.4, -0.2) is 33.9 Å². The van der Waals surface area contributed by atoms with Gasteiger partial charge >= 0.3 is 0 Å². The molecule has 1 aliphatic heterocycles. The zero-order valence-corrected chi connectivity index (χ0v) is 17.5. The first kappa shape index (κ1) is 19.3. The number of H-pyrrole nitrogens is 1. The van der Waals surface area contributed by atoms with Gasteiger partial charge in [-0.1, -0.05) is 19.9 Å². The molecule has 2 aromatic heterocycles. The van der Waals surface area contributed by atoms with E-state index in [1.54, 1.807) is 25.1 Å². The van der Waals surface area contributed by atoms with Crippen LogP contribution in [0.4, 0.5) is 11.5 Å². The molecule has 152 valence electrons. The van der Waals surface area contributed by atoms with Gasteiger partial charge in [0.05, 0.1) is 22.9 Å². The van der Waals surface area contributed by atoms with Crippen molar-refractivity contribution in [3.8, 4) is 0 Å². The van der Waals surface area contributed by atoms with Gasteiger partial charge in [-0.3, -0.25) is 9.67 Å². The number of anilines is 2. The number of hydrogen-bond acceptors (Lipinski definition) is 6. The van der Waals surface area contributed by atoms with E-state index < -0.39 is 9.84 Å². The van der Waals surface area contributed by atoms with Crippen LogP contribution < -0.4 is 10.2 Å². The number of nitrogens with zero attached hydrogens (tertiary/aromatic N) is 4. The first-order valence-corrected chi connectivity index (χ1v) is 11.2. The van der Waals surface area contributed by atoms with Gasteiger partial charge in [-0.25, -0.2) is 13.4 Å². The van der Waals surface area contributed by atoms with Crippen molar-refractivity contribution in [3.63, 3.8) is 0 Å². The van der Waals surface area contributed by atoms with Crippen LogP contribution >= 0.6 is 0 Å². The van der Waals surface area contributed by atoms with Crippen molar-refractivity contribution >= 4 is 27.2 Å². The Kier molecular flexibility index (Phi) is 4.91. The minimum Gasteiger partial charge on any atom is -0.337 e. The number of aromatic amines is 1. The predicted octanol–water partition coefficient (Wildman–Crippen LogP) is 3.16. The first-order chi connectivity index (χ1) is 13.9. The molecule has 1 aliphatic rings. The smallest absolute Gasteiger partial charge is 0.178 e. The molecule has 8 nitrogen and oxygen atoms in total. The van der Waals surface area contributed by atoms with Crippen molar-refractivity contribution in [3.05, 3.63) is 59.9 Å². The Morgan fingerprint density at radius 2 is 2.07 bits per heavy atom. The van der Waals surface area contributed by atoms with Crippen molar-refractivity contribution in [1.82, 2.24) is 19.7 Å². The lowest BCUT2D eigenvalue weighted by molar-refractivity contribution is 0.597. The van der Waals surface area contributed by atoms with Crippen LogP contribution in [0.15, 0.2) is 47.6 Å². The standard InChI is InChI=1S/C20H24N6O2S/c1-4-15-9-18(24-23-15)22-20-13-25(12-19-21-14(3)11-26(19)20)16-7-6-8-17(10-16)29(27,28)5-2/h6-11,13H,4-5,12H2,1-3H3,(H2,22,23,24). The summed E-state index contributed by atoms with van der Waals surface area (Å²) < 4.78 is 26.6. The summed E-state index contributed by atoms with van der Waals surface area (Å²) in [6.07, 6.45) is 4.79. The third kappa shape index (κ3) is 3.77. The zero-order valence-electron chi connectivity index (χ0n) is 16.7. The summed E-state index contributed by atoms with van der Waals surface area (Å²) >= 11 is 0. The van der Waals surface area contributed by atoms with E-state index in [1.807, 2.05) is 40.9 Å². The Hall–Kier alpha value is -3.07. The van der Waals surface area contributed by atoms with Crippen molar-refractivity contribution in [1.29, 1.82) is 0 Å². The highest BCUT2D eigenvalue weighted by atomic mass is 32.2. The topological polar surface area (TPSA) is 95.9 Å². The molecule has 1 aromatic carbocycles. The largest absolute Gasteiger partial charge is 0.337 e. The van der Waals surface area contributed by atoms with E-state index in [-0.39, 0.29) is 5.75 Å². The van der Waals surface area contributed by atoms with E-state index in [0.29, 0.717) is 11.4 Å². The molecule has 0 spiro atoms. The molecule has 0 amide bonds. The fraction of sp³-hybridized carbons (Fsp3) is 0.300. The van der Waals surface area contributed by atoms with Gasteiger partial charge in [0.25, 0.3) is 0 Å². The summed E-state index contributed by atoms with van der Waals surface area (Å²) in [4.78, 5) is 6.94. The fourth-order valence-electron chi connectivity index (χ4n) is 3.29. The van der Waals surface area contributed by atoms with Crippen LogP contribution in [0.1, 0.15) is 31.1 Å². The normalized spacial score (nSPS) is 13.9. The molecule has 0 atom stereocenters. The number of imidazole rings is 1. The Bertz CT molecular complexity index is 1180. The van der Waals surface area contributed by atoms with Crippen LogP contribution in [0.25, 0.3) is 5.82 Å². The molecule has 0 saturated carbocycles. The van der Waals surface area contributed by atoms with Crippen molar-refractivity contribution < 1.29 is 8.42 Å². The van der Waals surface area contributed by atoms with Crippen LogP contribution in [0.5, 0.6) is 0 Å². The number of sulfone groups is 1. The van der Waals surface area contributed by atoms with Crippen molar-refractivity contribution in [2.75, 3.05) is 16.0 Å². The molecule has 0 radical (unpaired) electrons. The minimum absolute atomic E-state index is 0.0711. The number of benzene rings is 1. The average molecular weight is 413 g/mol. The lowest BCUT2D eigenvalue weighted by Crippen LogP contribution is -2.27. The molecule has 0 saturated heterocycles. The summed E-state index contributed by atoms with van der Waals surface area (Å²) in [5.41, 5.74) is 2.75. The summed E-state index contributed by atoms with van der Waals surface area (Å²) in [6, 6.07) is 8.99. The minimum atomic E-state index is -3.28. The van der Waals surface area contributed by atoms with Gasteiger partial charge in [-0.05, 0) is 31.5 Å². The highest BCUT2D eigenvalue weighted by Gasteiger charge is 2.22. The van der Waals surface area contributed by atoms with E-state index in [9.17, 15) is 8.42 Å². The zero-order chi connectivity index (χ0) is 20.6. The molecule has 0 fully saturated rings. The maximum Gasteiger partial charge on any atom is 0.178 e. The number of aromatic nitrogens is 4. The van der Waals surface area contributed by atoms with E-state index in [1.165, 1.54) is 0 Å².